The van der Waals surface area contributed by atoms with Crippen LogP contribution < -0.4 is 5.32 Å². The van der Waals surface area contributed by atoms with E-state index < -0.39 is 10.8 Å². The second kappa shape index (κ2) is 6.42. The van der Waals surface area contributed by atoms with E-state index in [4.69, 9.17) is 0 Å². The number of nitrogens with zero attached hydrogens (tertiary/aromatic N) is 2. The van der Waals surface area contributed by atoms with Crippen molar-refractivity contribution in [3.8, 4) is 0 Å². The van der Waals surface area contributed by atoms with Crippen LogP contribution in [0.5, 0.6) is 0 Å². The molecule has 0 aromatic carbocycles. The molecule has 1 fully saturated rings. The van der Waals surface area contributed by atoms with Gasteiger partial charge in [0.25, 0.3) is 0 Å². The van der Waals surface area contributed by atoms with Crippen LogP contribution in [0.25, 0.3) is 0 Å². The van der Waals surface area contributed by atoms with E-state index in [0.717, 1.165) is 30.9 Å². The molecule has 1 aromatic heterocycles. The van der Waals surface area contributed by atoms with Gasteiger partial charge < -0.3 is 5.32 Å². The lowest BCUT2D eigenvalue weighted by molar-refractivity contribution is 0.627. The minimum absolute atomic E-state index is 0. The van der Waals surface area contributed by atoms with Crippen LogP contribution in [0.4, 0.5) is 0 Å². The molecule has 0 spiro atoms. The number of nitrogens with one attached hydrogen (secondary N) is 1. The van der Waals surface area contributed by atoms with Gasteiger partial charge in [-0.15, -0.1) is 12.4 Å². The van der Waals surface area contributed by atoms with Crippen molar-refractivity contribution in [2.24, 2.45) is 5.92 Å². The third-order valence-electron chi connectivity index (χ3n) is 2.71. The van der Waals surface area contributed by atoms with Gasteiger partial charge in [-0.25, -0.2) is 9.97 Å². The van der Waals surface area contributed by atoms with E-state index >= 15 is 0 Å². The first-order valence-electron chi connectivity index (χ1n) is 5.56. The molecule has 0 saturated carbocycles. The van der Waals surface area contributed by atoms with E-state index in [0.29, 0.717) is 16.8 Å². The second-order valence-corrected chi connectivity index (χ2v) is 5.69. The van der Waals surface area contributed by atoms with Crippen LogP contribution in [0.2, 0.25) is 0 Å². The van der Waals surface area contributed by atoms with Crippen LogP contribution in [0.3, 0.4) is 0 Å². The summed E-state index contributed by atoms with van der Waals surface area (Å²) in [7, 11) is -1.06. The van der Waals surface area contributed by atoms with E-state index in [2.05, 4.69) is 15.3 Å². The van der Waals surface area contributed by atoms with Crippen LogP contribution in [0.15, 0.2) is 11.2 Å². The maximum absolute atomic E-state index is 12.1. The molecule has 96 valence electrons. The summed E-state index contributed by atoms with van der Waals surface area (Å²) in [4.78, 5) is 8.49. The molecular formula is C11H18ClN3OS. The SMILES string of the molecule is Cc1cc(C)nc(S(=O)CC2CCNC2)n1.Cl. The molecule has 1 aliphatic heterocycles. The van der Waals surface area contributed by atoms with Crippen LogP contribution >= 0.6 is 12.4 Å². The smallest absolute Gasteiger partial charge is 0.218 e. The van der Waals surface area contributed by atoms with Crippen molar-refractivity contribution in [3.05, 3.63) is 17.5 Å². The standard InChI is InChI=1S/C11H17N3OS.ClH/c1-8-5-9(2)14-11(13-8)16(15)7-10-3-4-12-6-10;/h5,10,12H,3-4,6-7H2,1-2H3;1H. The van der Waals surface area contributed by atoms with Crippen molar-refractivity contribution >= 4 is 23.2 Å². The third kappa shape index (κ3) is 4.01. The number of halogens is 1. The summed E-state index contributed by atoms with van der Waals surface area (Å²) >= 11 is 0. The Kier molecular flexibility index (Phi) is 5.49. The summed E-state index contributed by atoms with van der Waals surface area (Å²) in [6, 6.07) is 1.90. The largest absolute Gasteiger partial charge is 0.316 e. The van der Waals surface area contributed by atoms with Crippen LogP contribution in [0.1, 0.15) is 17.8 Å². The Labute approximate surface area is 110 Å². The van der Waals surface area contributed by atoms with Gasteiger partial charge in [-0.2, -0.15) is 0 Å². The molecular weight excluding hydrogens is 258 g/mol. The number of aromatic nitrogens is 2. The molecule has 2 unspecified atom stereocenters. The normalized spacial score (nSPS) is 20.9. The van der Waals surface area contributed by atoms with E-state index in [1.807, 2.05) is 19.9 Å². The van der Waals surface area contributed by atoms with Gasteiger partial charge in [-0.1, -0.05) is 0 Å². The first kappa shape index (κ1) is 14.5. The fourth-order valence-electron chi connectivity index (χ4n) is 1.94. The average Bonchev–Trinajstić information content (AvgIpc) is 2.68. The molecule has 4 nitrogen and oxygen atoms in total. The molecule has 6 heteroatoms. The van der Waals surface area contributed by atoms with Gasteiger partial charge in [-0.3, -0.25) is 4.21 Å². The predicted molar refractivity (Wildman–Crippen MR) is 71.0 cm³/mol. The molecule has 1 N–H and O–H groups in total. The molecule has 2 rings (SSSR count). The fraction of sp³-hybridized carbons (Fsp3) is 0.636. The molecule has 1 saturated heterocycles. The molecule has 0 aliphatic carbocycles. The first-order chi connectivity index (χ1) is 7.65. The quantitative estimate of drug-likeness (QED) is 0.843. The minimum Gasteiger partial charge on any atom is -0.316 e. The van der Waals surface area contributed by atoms with E-state index in [9.17, 15) is 4.21 Å². The number of hydrogen-bond acceptors (Lipinski definition) is 4. The third-order valence-corrected chi connectivity index (χ3v) is 4.08. The zero-order chi connectivity index (χ0) is 11.5. The summed E-state index contributed by atoms with van der Waals surface area (Å²) in [5.74, 6) is 1.18. The molecule has 1 aromatic rings. The van der Waals surface area contributed by atoms with Crippen molar-refractivity contribution in [2.45, 2.75) is 25.4 Å². The molecule has 2 atom stereocenters. The molecule has 0 amide bonds. The van der Waals surface area contributed by atoms with Gasteiger partial charge in [0.1, 0.15) is 0 Å². The number of aryl methyl sites for hydroxylation is 2. The average molecular weight is 276 g/mol. The monoisotopic (exact) mass is 275 g/mol. The molecule has 1 aliphatic rings. The summed E-state index contributed by atoms with van der Waals surface area (Å²) in [6.45, 7) is 5.82. The van der Waals surface area contributed by atoms with E-state index in [1.54, 1.807) is 0 Å². The Bertz CT molecular complexity index is 387. The van der Waals surface area contributed by atoms with Gasteiger partial charge in [0, 0.05) is 17.1 Å². The predicted octanol–water partition coefficient (Wildman–Crippen LogP) is 1.23. The second-order valence-electron chi connectivity index (χ2n) is 4.30. The topological polar surface area (TPSA) is 54.9 Å². The summed E-state index contributed by atoms with van der Waals surface area (Å²) in [6.07, 6.45) is 1.11. The maximum atomic E-state index is 12.1. The molecule has 0 radical (unpaired) electrons. The zero-order valence-electron chi connectivity index (χ0n) is 10.1. The van der Waals surface area contributed by atoms with Crippen molar-refractivity contribution < 1.29 is 4.21 Å². The van der Waals surface area contributed by atoms with E-state index in [-0.39, 0.29) is 12.4 Å². The Morgan fingerprint density at radius 2 is 2.06 bits per heavy atom. The van der Waals surface area contributed by atoms with Gasteiger partial charge in [-0.05, 0) is 45.3 Å². The van der Waals surface area contributed by atoms with Crippen LogP contribution in [0, 0.1) is 19.8 Å². The van der Waals surface area contributed by atoms with Gasteiger partial charge >= 0.3 is 0 Å². The van der Waals surface area contributed by atoms with Gasteiger partial charge in [0.15, 0.2) is 0 Å². The van der Waals surface area contributed by atoms with Crippen LogP contribution in [-0.4, -0.2) is 33.0 Å². The highest BCUT2D eigenvalue weighted by Crippen LogP contribution is 2.12. The van der Waals surface area contributed by atoms with Crippen molar-refractivity contribution in [3.63, 3.8) is 0 Å². The fourth-order valence-corrected chi connectivity index (χ4v) is 3.29. The van der Waals surface area contributed by atoms with Crippen molar-refractivity contribution in [1.82, 2.24) is 15.3 Å². The highest BCUT2D eigenvalue weighted by Gasteiger charge is 2.19. The zero-order valence-corrected chi connectivity index (χ0v) is 11.7. The van der Waals surface area contributed by atoms with Gasteiger partial charge in [0.05, 0.1) is 10.8 Å². The number of hydrogen-bond donors (Lipinski definition) is 1. The maximum Gasteiger partial charge on any atom is 0.218 e. The molecule has 2 heterocycles. The lowest BCUT2D eigenvalue weighted by atomic mass is 10.2. The highest BCUT2D eigenvalue weighted by atomic mass is 35.5. The Morgan fingerprint density at radius 1 is 1.41 bits per heavy atom. The lowest BCUT2D eigenvalue weighted by Crippen LogP contribution is -2.16. The highest BCUT2D eigenvalue weighted by molar-refractivity contribution is 7.84. The molecule has 0 bridgehead atoms. The minimum atomic E-state index is -1.06. The summed E-state index contributed by atoms with van der Waals surface area (Å²) in [5.41, 5.74) is 1.78. The first-order valence-corrected chi connectivity index (χ1v) is 6.88. The van der Waals surface area contributed by atoms with Gasteiger partial charge in [0.2, 0.25) is 5.16 Å². The summed E-state index contributed by atoms with van der Waals surface area (Å²) < 4.78 is 12.1. The van der Waals surface area contributed by atoms with Crippen molar-refractivity contribution in [1.29, 1.82) is 0 Å². The molecule has 17 heavy (non-hydrogen) atoms. The van der Waals surface area contributed by atoms with Crippen LogP contribution in [-0.2, 0) is 10.8 Å². The van der Waals surface area contributed by atoms with E-state index in [1.165, 1.54) is 0 Å². The lowest BCUT2D eigenvalue weighted by Gasteiger charge is -2.07. The Hall–Kier alpha value is -0.520. The summed E-state index contributed by atoms with van der Waals surface area (Å²) in [5, 5.41) is 3.77. The Balaban J connectivity index is 0.00000144. The number of rotatable bonds is 3. The Morgan fingerprint density at radius 3 is 2.59 bits per heavy atom. The van der Waals surface area contributed by atoms with Crippen molar-refractivity contribution in [2.75, 3.05) is 18.8 Å².